The first-order valence-electron chi connectivity index (χ1n) is 10.7. The molecule has 0 spiro atoms. The van der Waals surface area contributed by atoms with E-state index in [4.69, 9.17) is 14.2 Å². The molecule has 1 saturated heterocycles. The number of morpholine rings is 1. The Kier molecular flexibility index (Phi) is 8.55. The van der Waals surface area contributed by atoms with Gasteiger partial charge in [0.25, 0.3) is 0 Å². The van der Waals surface area contributed by atoms with Crippen LogP contribution in [0.4, 0.5) is 0 Å². The average Bonchev–Trinajstić information content (AvgIpc) is 2.79. The lowest BCUT2D eigenvalue weighted by atomic mass is 10.1. The average molecular weight is 427 g/mol. The maximum absolute atomic E-state index is 5.64. The van der Waals surface area contributed by atoms with E-state index in [1.807, 2.05) is 18.2 Å². The molecular weight excluding hydrogens is 392 g/mol. The highest BCUT2D eigenvalue weighted by Crippen LogP contribution is 2.27. The molecule has 31 heavy (non-hydrogen) atoms. The van der Waals surface area contributed by atoms with Crippen LogP contribution in [0.1, 0.15) is 23.6 Å². The summed E-state index contributed by atoms with van der Waals surface area (Å²) in [6, 6.07) is 14.6. The zero-order chi connectivity index (χ0) is 22.1. The van der Waals surface area contributed by atoms with Gasteiger partial charge in [-0.05, 0) is 35.7 Å². The van der Waals surface area contributed by atoms with Crippen molar-refractivity contribution in [2.45, 2.75) is 32.7 Å². The lowest BCUT2D eigenvalue weighted by Gasteiger charge is -2.31. The Morgan fingerprint density at radius 1 is 1.03 bits per heavy atom. The first-order valence-corrected chi connectivity index (χ1v) is 10.7. The first-order chi connectivity index (χ1) is 15.1. The first kappa shape index (κ1) is 22.9. The van der Waals surface area contributed by atoms with Crippen LogP contribution in [0.25, 0.3) is 0 Å². The van der Waals surface area contributed by atoms with Gasteiger partial charge in [-0.3, -0.25) is 9.89 Å². The second kappa shape index (κ2) is 11.6. The summed E-state index contributed by atoms with van der Waals surface area (Å²) < 4.78 is 16.3. The van der Waals surface area contributed by atoms with Crippen LogP contribution in [0.2, 0.25) is 0 Å². The van der Waals surface area contributed by atoms with Crippen LogP contribution in [-0.2, 0) is 24.4 Å². The van der Waals surface area contributed by atoms with Crippen LogP contribution in [0, 0.1) is 0 Å². The molecule has 168 valence electrons. The van der Waals surface area contributed by atoms with Crippen LogP contribution in [0.15, 0.2) is 47.5 Å². The molecule has 7 heteroatoms. The maximum Gasteiger partial charge on any atom is 0.191 e. The van der Waals surface area contributed by atoms with Crippen molar-refractivity contribution in [3.05, 3.63) is 59.2 Å². The summed E-state index contributed by atoms with van der Waals surface area (Å²) in [7, 11) is 5.06. The van der Waals surface area contributed by atoms with Crippen LogP contribution in [-0.4, -0.2) is 57.9 Å². The normalized spacial score (nSPS) is 17.3. The van der Waals surface area contributed by atoms with E-state index in [2.05, 4.69) is 51.7 Å². The van der Waals surface area contributed by atoms with Crippen LogP contribution in [0.3, 0.4) is 0 Å². The summed E-state index contributed by atoms with van der Waals surface area (Å²) in [4.78, 5) is 6.78. The molecule has 1 atom stereocenters. The number of benzene rings is 2. The Morgan fingerprint density at radius 2 is 1.74 bits per heavy atom. The van der Waals surface area contributed by atoms with E-state index in [9.17, 15) is 0 Å². The summed E-state index contributed by atoms with van der Waals surface area (Å²) in [6.07, 6.45) is 0.304. The summed E-state index contributed by atoms with van der Waals surface area (Å²) in [5.41, 5.74) is 3.64. The van der Waals surface area contributed by atoms with Crippen LogP contribution >= 0.6 is 0 Å². The number of hydrogen-bond donors (Lipinski definition) is 2. The Bertz CT molecular complexity index is 872. The fourth-order valence-corrected chi connectivity index (χ4v) is 3.71. The summed E-state index contributed by atoms with van der Waals surface area (Å²) in [5.74, 6) is 2.19. The highest BCUT2D eigenvalue weighted by Gasteiger charge is 2.16. The molecule has 0 aromatic heterocycles. The maximum atomic E-state index is 5.64. The largest absolute Gasteiger partial charge is 0.493 e. The van der Waals surface area contributed by atoms with Gasteiger partial charge >= 0.3 is 0 Å². The van der Waals surface area contributed by atoms with E-state index in [1.54, 1.807) is 21.3 Å². The van der Waals surface area contributed by atoms with Gasteiger partial charge in [-0.25, -0.2) is 0 Å². The molecule has 2 aromatic carbocycles. The SMILES string of the molecule is CN=C(NCc1cccc(CN2CCOC(C)C2)c1)NCc1ccc(OC)c(OC)c1. The van der Waals surface area contributed by atoms with Gasteiger partial charge in [-0.15, -0.1) is 0 Å². The highest BCUT2D eigenvalue weighted by molar-refractivity contribution is 5.79. The second-order valence-electron chi connectivity index (χ2n) is 7.71. The molecule has 2 aromatic rings. The molecule has 0 amide bonds. The zero-order valence-corrected chi connectivity index (χ0v) is 19.0. The minimum absolute atomic E-state index is 0.304. The molecule has 1 unspecified atom stereocenters. The standard InChI is InChI=1S/C24H34N4O3/c1-18-16-28(10-11-31-18)17-21-7-5-6-19(12-21)14-26-24(25-2)27-15-20-8-9-22(29-3)23(13-20)30-4/h5-9,12-13,18H,10-11,14-17H2,1-4H3,(H2,25,26,27). The van der Waals surface area contributed by atoms with Crippen molar-refractivity contribution in [1.29, 1.82) is 0 Å². The molecule has 3 rings (SSSR count). The molecule has 0 saturated carbocycles. The Hall–Kier alpha value is -2.77. The van der Waals surface area contributed by atoms with E-state index in [-0.39, 0.29) is 0 Å². The van der Waals surface area contributed by atoms with Gasteiger partial charge in [0.15, 0.2) is 17.5 Å². The molecule has 0 bridgehead atoms. The molecule has 7 nitrogen and oxygen atoms in total. The minimum Gasteiger partial charge on any atom is -0.493 e. The van der Waals surface area contributed by atoms with Gasteiger partial charge in [0, 0.05) is 39.8 Å². The van der Waals surface area contributed by atoms with E-state index >= 15 is 0 Å². The predicted molar refractivity (Wildman–Crippen MR) is 124 cm³/mol. The molecule has 1 aliphatic heterocycles. The number of aliphatic imine (C=N–C) groups is 1. The third kappa shape index (κ3) is 6.87. The smallest absolute Gasteiger partial charge is 0.191 e. The number of ether oxygens (including phenoxy) is 3. The number of rotatable bonds is 8. The fraction of sp³-hybridized carbons (Fsp3) is 0.458. The van der Waals surface area contributed by atoms with Crippen molar-refractivity contribution in [2.75, 3.05) is 41.0 Å². The monoisotopic (exact) mass is 426 g/mol. The van der Waals surface area contributed by atoms with Crippen LogP contribution < -0.4 is 20.1 Å². The van der Waals surface area contributed by atoms with E-state index in [0.29, 0.717) is 19.2 Å². The molecule has 1 fully saturated rings. The fourth-order valence-electron chi connectivity index (χ4n) is 3.71. The summed E-state index contributed by atoms with van der Waals surface area (Å²) in [6.45, 7) is 7.20. The Labute approximate surface area is 185 Å². The number of nitrogens with zero attached hydrogens (tertiary/aromatic N) is 2. The summed E-state index contributed by atoms with van der Waals surface area (Å²) in [5, 5.41) is 6.74. The third-order valence-corrected chi connectivity index (χ3v) is 5.31. The van der Waals surface area contributed by atoms with Crippen molar-refractivity contribution in [3.63, 3.8) is 0 Å². The molecule has 0 radical (unpaired) electrons. The summed E-state index contributed by atoms with van der Waals surface area (Å²) >= 11 is 0. The Morgan fingerprint density at radius 3 is 2.42 bits per heavy atom. The molecule has 2 N–H and O–H groups in total. The van der Waals surface area contributed by atoms with Crippen molar-refractivity contribution in [1.82, 2.24) is 15.5 Å². The lowest BCUT2D eigenvalue weighted by molar-refractivity contribution is -0.0212. The van der Waals surface area contributed by atoms with Crippen LogP contribution in [0.5, 0.6) is 11.5 Å². The quantitative estimate of drug-likeness (QED) is 0.500. The van der Waals surface area contributed by atoms with Gasteiger partial charge < -0.3 is 24.8 Å². The topological polar surface area (TPSA) is 67.4 Å². The molecule has 1 heterocycles. The minimum atomic E-state index is 0.304. The van der Waals surface area contributed by atoms with Gasteiger partial charge in [-0.1, -0.05) is 30.3 Å². The number of nitrogens with one attached hydrogen (secondary N) is 2. The third-order valence-electron chi connectivity index (χ3n) is 5.31. The number of methoxy groups -OCH3 is 2. The van der Waals surface area contributed by atoms with Gasteiger partial charge in [0.05, 0.1) is 26.9 Å². The molecule has 0 aliphatic carbocycles. The van der Waals surface area contributed by atoms with E-state index < -0.39 is 0 Å². The Balaban J connectivity index is 1.51. The van der Waals surface area contributed by atoms with E-state index in [0.717, 1.165) is 49.3 Å². The van der Waals surface area contributed by atoms with Gasteiger partial charge in [0.1, 0.15) is 0 Å². The second-order valence-corrected chi connectivity index (χ2v) is 7.71. The zero-order valence-electron chi connectivity index (χ0n) is 19.0. The predicted octanol–water partition coefficient (Wildman–Crippen LogP) is 2.79. The number of hydrogen-bond acceptors (Lipinski definition) is 5. The van der Waals surface area contributed by atoms with Gasteiger partial charge in [-0.2, -0.15) is 0 Å². The van der Waals surface area contributed by atoms with E-state index in [1.165, 1.54) is 11.1 Å². The molecule has 1 aliphatic rings. The highest BCUT2D eigenvalue weighted by atomic mass is 16.5. The van der Waals surface area contributed by atoms with Crippen molar-refractivity contribution >= 4 is 5.96 Å². The lowest BCUT2D eigenvalue weighted by Crippen LogP contribution is -2.40. The van der Waals surface area contributed by atoms with Crippen molar-refractivity contribution < 1.29 is 14.2 Å². The van der Waals surface area contributed by atoms with Gasteiger partial charge in [0.2, 0.25) is 0 Å². The van der Waals surface area contributed by atoms with Crippen molar-refractivity contribution in [2.24, 2.45) is 4.99 Å². The van der Waals surface area contributed by atoms with Crippen molar-refractivity contribution in [3.8, 4) is 11.5 Å². The number of guanidine groups is 1. The molecular formula is C24H34N4O3.